The van der Waals surface area contributed by atoms with Crippen LogP contribution in [0.1, 0.15) is 18.5 Å². The third kappa shape index (κ3) is 5.03. The van der Waals surface area contributed by atoms with E-state index in [2.05, 4.69) is 46.9 Å². The van der Waals surface area contributed by atoms with Crippen molar-refractivity contribution in [1.29, 1.82) is 0 Å². The zero-order valence-electron chi connectivity index (χ0n) is 12.2. The van der Waals surface area contributed by atoms with Crippen LogP contribution in [0.4, 0.5) is 0 Å². The van der Waals surface area contributed by atoms with Crippen molar-refractivity contribution < 1.29 is 4.74 Å². The second kappa shape index (κ2) is 7.83. The lowest BCUT2D eigenvalue weighted by Gasteiger charge is -2.25. The van der Waals surface area contributed by atoms with Gasteiger partial charge in [-0.3, -0.25) is 4.90 Å². The first-order valence-electron chi connectivity index (χ1n) is 6.90. The fraction of sp³-hybridized carbons (Fsp3) is 0.294. The van der Waals surface area contributed by atoms with E-state index in [1.807, 2.05) is 36.4 Å². The zero-order valence-corrected chi connectivity index (χ0v) is 14.6. The number of hydrogen-bond donors (Lipinski definition) is 0. The van der Waals surface area contributed by atoms with E-state index in [0.717, 1.165) is 21.8 Å². The molecule has 0 heterocycles. The van der Waals surface area contributed by atoms with Crippen molar-refractivity contribution in [2.24, 2.45) is 0 Å². The van der Waals surface area contributed by atoms with E-state index in [0.29, 0.717) is 12.6 Å². The molecule has 2 aromatic carbocycles. The summed E-state index contributed by atoms with van der Waals surface area (Å²) in [6, 6.07) is 16.2. The van der Waals surface area contributed by atoms with Crippen molar-refractivity contribution in [2.45, 2.75) is 13.0 Å². The second-order valence-corrected chi connectivity index (χ2v) is 6.36. The minimum atomic E-state index is 0.329. The molecule has 2 rings (SSSR count). The summed E-state index contributed by atoms with van der Waals surface area (Å²) in [6.07, 6.45) is 0. The third-order valence-corrected chi connectivity index (χ3v) is 4.32. The van der Waals surface area contributed by atoms with Gasteiger partial charge in [0.25, 0.3) is 0 Å². The van der Waals surface area contributed by atoms with Crippen LogP contribution in [-0.2, 0) is 0 Å². The van der Waals surface area contributed by atoms with E-state index < -0.39 is 0 Å². The topological polar surface area (TPSA) is 12.5 Å². The molecule has 0 fully saturated rings. The summed E-state index contributed by atoms with van der Waals surface area (Å²) in [5, 5.41) is 0.771. The molecule has 1 atom stereocenters. The Hall–Kier alpha value is -1.03. The Morgan fingerprint density at radius 1 is 1.10 bits per heavy atom. The summed E-state index contributed by atoms with van der Waals surface area (Å²) in [4.78, 5) is 2.27. The molecule has 0 saturated heterocycles. The molecule has 0 bridgehead atoms. The molecule has 112 valence electrons. The molecule has 0 amide bonds. The van der Waals surface area contributed by atoms with Crippen LogP contribution in [0.5, 0.6) is 5.75 Å². The molecule has 0 radical (unpaired) electrons. The lowest BCUT2D eigenvalue weighted by molar-refractivity contribution is 0.201. The van der Waals surface area contributed by atoms with E-state index in [-0.39, 0.29) is 0 Å². The molecular weight excluding hydrogens is 350 g/mol. The Morgan fingerprint density at radius 3 is 2.33 bits per heavy atom. The summed E-state index contributed by atoms with van der Waals surface area (Å²) in [6.45, 7) is 3.71. The highest BCUT2D eigenvalue weighted by Gasteiger charge is 2.11. The van der Waals surface area contributed by atoms with Crippen LogP contribution in [-0.4, -0.2) is 25.1 Å². The van der Waals surface area contributed by atoms with Crippen LogP contribution in [0.2, 0.25) is 5.02 Å². The first-order valence-corrected chi connectivity index (χ1v) is 8.07. The number of halogens is 2. The Morgan fingerprint density at radius 2 is 1.71 bits per heavy atom. The number of likely N-dealkylation sites (N-methyl/N-ethyl adjacent to an activating group) is 1. The summed E-state index contributed by atoms with van der Waals surface area (Å²) >= 11 is 9.34. The predicted molar refractivity (Wildman–Crippen MR) is 92.1 cm³/mol. The SMILES string of the molecule is CC(c1ccc(Cl)cc1)N(C)CCOc1ccc(Br)cc1. The van der Waals surface area contributed by atoms with Crippen LogP contribution < -0.4 is 4.74 Å². The molecule has 0 aliphatic carbocycles. The summed E-state index contributed by atoms with van der Waals surface area (Å²) in [7, 11) is 2.10. The maximum Gasteiger partial charge on any atom is 0.119 e. The lowest BCUT2D eigenvalue weighted by atomic mass is 10.1. The standard InChI is InChI=1S/C17H19BrClNO/c1-13(14-3-7-16(19)8-4-14)20(2)11-12-21-17-9-5-15(18)6-10-17/h3-10,13H,11-12H2,1-2H3. The Labute approximate surface area is 139 Å². The van der Waals surface area contributed by atoms with Gasteiger partial charge in [0.1, 0.15) is 12.4 Å². The molecule has 2 aromatic rings. The van der Waals surface area contributed by atoms with Crippen LogP contribution in [0, 0.1) is 0 Å². The van der Waals surface area contributed by atoms with E-state index in [1.54, 1.807) is 0 Å². The zero-order chi connectivity index (χ0) is 15.2. The quantitative estimate of drug-likeness (QED) is 0.697. The van der Waals surface area contributed by atoms with Crippen molar-refractivity contribution >= 4 is 27.5 Å². The monoisotopic (exact) mass is 367 g/mol. The highest BCUT2D eigenvalue weighted by molar-refractivity contribution is 9.10. The average Bonchev–Trinajstić information content (AvgIpc) is 2.49. The largest absolute Gasteiger partial charge is 0.492 e. The molecule has 1 unspecified atom stereocenters. The number of ether oxygens (including phenoxy) is 1. The van der Waals surface area contributed by atoms with Gasteiger partial charge in [0.2, 0.25) is 0 Å². The van der Waals surface area contributed by atoms with E-state index in [4.69, 9.17) is 16.3 Å². The van der Waals surface area contributed by atoms with Gasteiger partial charge in [-0.25, -0.2) is 0 Å². The number of hydrogen-bond acceptors (Lipinski definition) is 2. The van der Waals surface area contributed by atoms with Crippen LogP contribution in [0.15, 0.2) is 53.0 Å². The van der Waals surface area contributed by atoms with Gasteiger partial charge in [0.05, 0.1) is 0 Å². The molecule has 0 aromatic heterocycles. The molecule has 21 heavy (non-hydrogen) atoms. The molecular formula is C17H19BrClNO. The van der Waals surface area contributed by atoms with Crippen molar-refractivity contribution in [3.8, 4) is 5.75 Å². The fourth-order valence-electron chi connectivity index (χ4n) is 2.03. The summed E-state index contributed by atoms with van der Waals surface area (Å²) in [5.41, 5.74) is 1.26. The molecule has 0 aliphatic rings. The molecule has 4 heteroatoms. The van der Waals surface area contributed by atoms with Gasteiger partial charge in [0, 0.05) is 22.1 Å². The highest BCUT2D eigenvalue weighted by atomic mass is 79.9. The summed E-state index contributed by atoms with van der Waals surface area (Å²) in [5.74, 6) is 0.894. The Kier molecular flexibility index (Phi) is 6.09. The predicted octanol–water partition coefficient (Wildman–Crippen LogP) is 5.17. The molecule has 0 saturated carbocycles. The van der Waals surface area contributed by atoms with Crippen molar-refractivity contribution in [3.05, 3.63) is 63.6 Å². The van der Waals surface area contributed by atoms with Crippen molar-refractivity contribution in [3.63, 3.8) is 0 Å². The molecule has 2 nitrogen and oxygen atoms in total. The van der Waals surface area contributed by atoms with Crippen molar-refractivity contribution in [1.82, 2.24) is 4.90 Å². The van der Waals surface area contributed by atoms with Crippen molar-refractivity contribution in [2.75, 3.05) is 20.2 Å². The lowest BCUT2D eigenvalue weighted by Crippen LogP contribution is -2.27. The Balaban J connectivity index is 1.82. The second-order valence-electron chi connectivity index (χ2n) is 5.01. The number of nitrogens with zero attached hydrogens (tertiary/aromatic N) is 1. The first-order chi connectivity index (χ1) is 10.1. The number of rotatable bonds is 6. The number of benzene rings is 2. The third-order valence-electron chi connectivity index (χ3n) is 3.54. The van der Waals surface area contributed by atoms with Gasteiger partial charge < -0.3 is 4.74 Å². The van der Waals surface area contributed by atoms with E-state index >= 15 is 0 Å². The first kappa shape index (κ1) is 16.3. The molecule has 0 N–H and O–H groups in total. The highest BCUT2D eigenvalue weighted by Crippen LogP contribution is 2.21. The molecule has 0 spiro atoms. The maximum atomic E-state index is 5.92. The maximum absolute atomic E-state index is 5.92. The smallest absolute Gasteiger partial charge is 0.119 e. The van der Waals surface area contributed by atoms with Gasteiger partial charge in [-0.15, -0.1) is 0 Å². The van der Waals surface area contributed by atoms with E-state index in [1.165, 1.54) is 5.56 Å². The molecule has 0 aliphatic heterocycles. The average molecular weight is 369 g/mol. The van der Waals surface area contributed by atoms with Gasteiger partial charge >= 0.3 is 0 Å². The van der Waals surface area contributed by atoms with Gasteiger partial charge in [0.15, 0.2) is 0 Å². The van der Waals surface area contributed by atoms with Gasteiger partial charge in [-0.2, -0.15) is 0 Å². The van der Waals surface area contributed by atoms with E-state index in [9.17, 15) is 0 Å². The normalized spacial score (nSPS) is 12.4. The van der Waals surface area contributed by atoms with Crippen LogP contribution in [0.3, 0.4) is 0 Å². The Bertz CT molecular complexity index is 556. The van der Waals surface area contributed by atoms with Crippen LogP contribution in [0.25, 0.3) is 0 Å². The van der Waals surface area contributed by atoms with Crippen LogP contribution >= 0.6 is 27.5 Å². The fourth-order valence-corrected chi connectivity index (χ4v) is 2.42. The minimum absolute atomic E-state index is 0.329. The summed E-state index contributed by atoms with van der Waals surface area (Å²) < 4.78 is 6.81. The van der Waals surface area contributed by atoms with Gasteiger partial charge in [-0.1, -0.05) is 39.7 Å². The van der Waals surface area contributed by atoms with Gasteiger partial charge in [-0.05, 0) is 55.9 Å². The minimum Gasteiger partial charge on any atom is -0.492 e.